The number of hydrogen-bond donors (Lipinski definition) is 0. The molecule has 3 aliphatic heterocycles. The maximum atomic E-state index is 13.1. The SMILES string of the molecule is CN(C)C[C@H]1[C@@H]2CC[C@@]3(CN(C(=O)c4cnc(-c5cccnc5)nc4)C[C@@H]13)O2. The van der Waals surface area contributed by atoms with Gasteiger partial charge in [-0.2, -0.15) is 0 Å². The smallest absolute Gasteiger partial charge is 0.257 e. The van der Waals surface area contributed by atoms with E-state index >= 15 is 0 Å². The van der Waals surface area contributed by atoms with Gasteiger partial charge in [-0.15, -0.1) is 0 Å². The van der Waals surface area contributed by atoms with Crippen LogP contribution in [0.15, 0.2) is 36.9 Å². The van der Waals surface area contributed by atoms with E-state index in [1.54, 1.807) is 24.8 Å². The van der Waals surface area contributed by atoms with Crippen LogP contribution in [-0.4, -0.2) is 76.1 Å². The summed E-state index contributed by atoms with van der Waals surface area (Å²) in [5.74, 6) is 1.51. The molecule has 5 heterocycles. The van der Waals surface area contributed by atoms with Gasteiger partial charge in [-0.05, 0) is 39.1 Å². The summed E-state index contributed by atoms with van der Waals surface area (Å²) in [6.07, 6.45) is 9.21. The van der Waals surface area contributed by atoms with E-state index < -0.39 is 0 Å². The second-order valence-electron chi connectivity index (χ2n) is 8.52. The molecule has 7 nitrogen and oxygen atoms in total. The van der Waals surface area contributed by atoms with Crippen LogP contribution < -0.4 is 0 Å². The fraction of sp³-hybridized carbons (Fsp3) is 0.524. The highest BCUT2D eigenvalue weighted by Crippen LogP contribution is 2.55. The summed E-state index contributed by atoms with van der Waals surface area (Å²) >= 11 is 0. The zero-order valence-electron chi connectivity index (χ0n) is 16.3. The second-order valence-corrected chi connectivity index (χ2v) is 8.52. The average molecular weight is 379 g/mol. The van der Waals surface area contributed by atoms with E-state index in [9.17, 15) is 4.79 Å². The molecular formula is C21H25N5O2. The number of rotatable bonds is 4. The van der Waals surface area contributed by atoms with Crippen LogP contribution in [0.4, 0.5) is 0 Å². The molecule has 3 aliphatic rings. The summed E-state index contributed by atoms with van der Waals surface area (Å²) in [5.41, 5.74) is 1.23. The Kier molecular flexibility index (Phi) is 4.17. The van der Waals surface area contributed by atoms with Crippen molar-refractivity contribution in [3.63, 3.8) is 0 Å². The summed E-state index contributed by atoms with van der Waals surface area (Å²) in [7, 11) is 4.22. The minimum absolute atomic E-state index is 0.00263. The number of aromatic nitrogens is 3. The van der Waals surface area contributed by atoms with E-state index in [-0.39, 0.29) is 11.5 Å². The van der Waals surface area contributed by atoms with Crippen LogP contribution in [0.2, 0.25) is 0 Å². The Morgan fingerprint density at radius 3 is 2.86 bits per heavy atom. The van der Waals surface area contributed by atoms with E-state index in [2.05, 4.69) is 33.9 Å². The quantitative estimate of drug-likeness (QED) is 0.806. The molecule has 0 N–H and O–H groups in total. The third-order valence-electron chi connectivity index (χ3n) is 6.47. The highest BCUT2D eigenvalue weighted by atomic mass is 16.5. The molecule has 2 aromatic heterocycles. The Hall–Kier alpha value is -2.38. The molecule has 0 unspecified atom stereocenters. The number of carbonyl (C=O) groups excluding carboxylic acids is 1. The van der Waals surface area contributed by atoms with E-state index in [4.69, 9.17) is 4.74 Å². The maximum absolute atomic E-state index is 13.1. The predicted octanol–water partition coefficient (Wildman–Crippen LogP) is 1.72. The topological polar surface area (TPSA) is 71.5 Å². The molecular weight excluding hydrogens is 354 g/mol. The van der Waals surface area contributed by atoms with Gasteiger partial charge in [0.05, 0.1) is 23.8 Å². The van der Waals surface area contributed by atoms with Gasteiger partial charge in [0.2, 0.25) is 0 Å². The van der Waals surface area contributed by atoms with Crippen molar-refractivity contribution in [2.75, 3.05) is 33.7 Å². The Balaban J connectivity index is 1.33. The predicted molar refractivity (Wildman–Crippen MR) is 104 cm³/mol. The van der Waals surface area contributed by atoms with Crippen molar-refractivity contribution in [1.82, 2.24) is 24.8 Å². The van der Waals surface area contributed by atoms with Crippen LogP contribution in [0, 0.1) is 11.8 Å². The fourth-order valence-electron chi connectivity index (χ4n) is 5.28. The molecule has 146 valence electrons. The lowest BCUT2D eigenvalue weighted by molar-refractivity contribution is 0.00255. The first kappa shape index (κ1) is 17.7. The number of fused-ring (bicyclic) bond motifs is 1. The minimum atomic E-state index is -0.141. The number of likely N-dealkylation sites (tertiary alicyclic amines) is 1. The highest BCUT2D eigenvalue weighted by Gasteiger charge is 2.63. The van der Waals surface area contributed by atoms with Crippen molar-refractivity contribution in [3.05, 3.63) is 42.5 Å². The van der Waals surface area contributed by atoms with Crippen LogP contribution in [0.25, 0.3) is 11.4 Å². The van der Waals surface area contributed by atoms with Gasteiger partial charge in [-0.3, -0.25) is 9.78 Å². The summed E-state index contributed by atoms with van der Waals surface area (Å²) in [4.78, 5) is 30.1. The molecule has 0 radical (unpaired) electrons. The second kappa shape index (κ2) is 6.60. The standard InChI is InChI=1S/C21H25N5O2/c1-25(2)11-16-17-12-26(13-21(17)6-5-18(16)28-21)20(27)15-9-23-19(24-10-15)14-4-3-7-22-8-14/h3-4,7-10,16-18H,5-6,11-13H2,1-2H3/t16-,17+,18+,21+/m1/s1. The molecule has 3 saturated heterocycles. The van der Waals surface area contributed by atoms with Gasteiger partial charge in [0.15, 0.2) is 5.82 Å². The van der Waals surface area contributed by atoms with Crippen molar-refractivity contribution in [2.24, 2.45) is 11.8 Å². The third kappa shape index (κ3) is 2.81. The lowest BCUT2D eigenvalue weighted by Crippen LogP contribution is -2.40. The number of ether oxygens (including phenoxy) is 1. The van der Waals surface area contributed by atoms with Crippen LogP contribution in [0.1, 0.15) is 23.2 Å². The van der Waals surface area contributed by atoms with E-state index in [0.29, 0.717) is 35.9 Å². The molecule has 2 bridgehead atoms. The van der Waals surface area contributed by atoms with Gasteiger partial charge in [-0.25, -0.2) is 9.97 Å². The molecule has 3 fully saturated rings. The summed E-state index contributed by atoms with van der Waals surface area (Å²) in [6.45, 7) is 2.46. The largest absolute Gasteiger partial charge is 0.369 e. The van der Waals surface area contributed by atoms with Gasteiger partial charge >= 0.3 is 0 Å². The maximum Gasteiger partial charge on any atom is 0.257 e. The molecule has 28 heavy (non-hydrogen) atoms. The Labute approximate surface area is 164 Å². The molecule has 5 rings (SSSR count). The monoisotopic (exact) mass is 379 g/mol. The normalized spacial score (nSPS) is 30.8. The first-order chi connectivity index (χ1) is 13.6. The molecule has 7 heteroatoms. The van der Waals surface area contributed by atoms with E-state index in [1.165, 1.54) is 0 Å². The number of nitrogens with zero attached hydrogens (tertiary/aromatic N) is 5. The first-order valence-electron chi connectivity index (χ1n) is 9.90. The van der Waals surface area contributed by atoms with Gasteiger partial charge in [0, 0.05) is 55.3 Å². The van der Waals surface area contributed by atoms with Crippen LogP contribution in [0.5, 0.6) is 0 Å². The number of amides is 1. The molecule has 1 amide bonds. The van der Waals surface area contributed by atoms with Crippen molar-refractivity contribution in [3.8, 4) is 11.4 Å². The van der Waals surface area contributed by atoms with Crippen LogP contribution >= 0.6 is 0 Å². The third-order valence-corrected chi connectivity index (χ3v) is 6.47. The summed E-state index contributed by atoms with van der Waals surface area (Å²) < 4.78 is 6.43. The average Bonchev–Trinajstić information content (AvgIpc) is 3.38. The van der Waals surface area contributed by atoms with Gasteiger partial charge in [-0.1, -0.05) is 0 Å². The summed E-state index contributed by atoms with van der Waals surface area (Å²) in [5, 5.41) is 0. The Morgan fingerprint density at radius 2 is 2.14 bits per heavy atom. The molecule has 0 aliphatic carbocycles. The zero-order valence-corrected chi connectivity index (χ0v) is 16.3. The van der Waals surface area contributed by atoms with Gasteiger partial charge < -0.3 is 14.5 Å². The minimum Gasteiger partial charge on any atom is -0.369 e. The molecule has 1 spiro atoms. The number of carbonyl (C=O) groups is 1. The zero-order chi connectivity index (χ0) is 19.3. The van der Waals surface area contributed by atoms with E-state index in [1.807, 2.05) is 17.0 Å². The van der Waals surface area contributed by atoms with Crippen LogP contribution in [-0.2, 0) is 4.74 Å². The number of pyridine rings is 1. The molecule has 4 atom stereocenters. The van der Waals surface area contributed by atoms with Crippen molar-refractivity contribution in [2.45, 2.75) is 24.5 Å². The van der Waals surface area contributed by atoms with Crippen molar-refractivity contribution < 1.29 is 9.53 Å². The Bertz CT molecular complexity index is 872. The molecule has 2 aromatic rings. The lowest BCUT2D eigenvalue weighted by Gasteiger charge is -2.30. The summed E-state index contributed by atoms with van der Waals surface area (Å²) in [6, 6.07) is 3.75. The van der Waals surface area contributed by atoms with Crippen molar-refractivity contribution in [1.29, 1.82) is 0 Å². The van der Waals surface area contributed by atoms with Crippen molar-refractivity contribution >= 4 is 5.91 Å². The molecule has 0 aromatic carbocycles. The van der Waals surface area contributed by atoms with Crippen LogP contribution in [0.3, 0.4) is 0 Å². The van der Waals surface area contributed by atoms with Gasteiger partial charge in [0.25, 0.3) is 5.91 Å². The Morgan fingerprint density at radius 1 is 1.32 bits per heavy atom. The fourth-order valence-corrected chi connectivity index (χ4v) is 5.28. The number of hydrogen-bond acceptors (Lipinski definition) is 6. The first-order valence-corrected chi connectivity index (χ1v) is 9.90. The molecule has 0 saturated carbocycles. The highest BCUT2D eigenvalue weighted by molar-refractivity contribution is 5.94. The van der Waals surface area contributed by atoms with E-state index in [0.717, 1.165) is 31.5 Å². The van der Waals surface area contributed by atoms with Gasteiger partial charge in [0.1, 0.15) is 0 Å². The lowest BCUT2D eigenvalue weighted by atomic mass is 9.73.